The lowest BCUT2D eigenvalue weighted by Crippen LogP contribution is -2.25. The van der Waals surface area contributed by atoms with Gasteiger partial charge in [0.25, 0.3) is 5.56 Å². The number of hydrogen-bond acceptors (Lipinski definition) is 3. The van der Waals surface area contributed by atoms with E-state index in [9.17, 15) is 13.6 Å². The Hall–Kier alpha value is -2.47. The molecule has 1 aromatic heterocycles. The van der Waals surface area contributed by atoms with Crippen LogP contribution < -0.4 is 10.9 Å². The number of H-pyrrole nitrogens is 1. The minimum atomic E-state index is -0.515. The van der Waals surface area contributed by atoms with E-state index in [1.54, 1.807) is 12.1 Å². The number of aromatic amines is 1. The van der Waals surface area contributed by atoms with E-state index in [0.29, 0.717) is 33.9 Å². The minimum Gasteiger partial charge on any atom is -0.383 e. The van der Waals surface area contributed by atoms with E-state index in [-0.39, 0.29) is 5.39 Å². The van der Waals surface area contributed by atoms with E-state index in [1.807, 2.05) is 0 Å². The molecule has 2 heterocycles. The lowest BCUT2D eigenvalue weighted by molar-refractivity contribution is 0.595. The number of benzene rings is 2. The Morgan fingerprint density at radius 3 is 2.83 bits per heavy atom. The number of nitrogens with one attached hydrogen (secondary N) is 2. The second kappa shape index (κ2) is 5.03. The molecular formula is C16H10ClF2N3O. The fourth-order valence-electron chi connectivity index (χ4n) is 3.03. The van der Waals surface area contributed by atoms with Crippen molar-refractivity contribution < 1.29 is 8.78 Å². The quantitative estimate of drug-likeness (QED) is 0.717. The monoisotopic (exact) mass is 333 g/mol. The molecule has 116 valence electrons. The van der Waals surface area contributed by atoms with Crippen molar-refractivity contribution in [3.8, 4) is 0 Å². The molecule has 0 fully saturated rings. The highest BCUT2D eigenvalue weighted by atomic mass is 35.5. The number of rotatable bonds is 1. The van der Waals surface area contributed by atoms with Crippen LogP contribution in [0.4, 0.5) is 14.5 Å². The SMILES string of the molecule is O=c1[nH]nc2c3c(cc(F)cc13)NCC2c1ccc(Cl)cc1F. The molecule has 1 aliphatic heterocycles. The van der Waals surface area contributed by atoms with Crippen LogP contribution in [-0.2, 0) is 0 Å². The van der Waals surface area contributed by atoms with Crippen molar-refractivity contribution in [1.82, 2.24) is 10.2 Å². The van der Waals surface area contributed by atoms with Gasteiger partial charge < -0.3 is 5.32 Å². The predicted molar refractivity (Wildman–Crippen MR) is 84.1 cm³/mol. The Labute approximate surface area is 134 Å². The van der Waals surface area contributed by atoms with Gasteiger partial charge in [-0.25, -0.2) is 13.9 Å². The second-order valence-corrected chi connectivity index (χ2v) is 5.85. The molecule has 0 bridgehead atoms. The molecular weight excluding hydrogens is 324 g/mol. The summed E-state index contributed by atoms with van der Waals surface area (Å²) in [6.07, 6.45) is 0. The van der Waals surface area contributed by atoms with Crippen LogP contribution >= 0.6 is 11.6 Å². The molecule has 4 rings (SSSR count). The molecule has 0 saturated heterocycles. The molecule has 1 aliphatic rings. The van der Waals surface area contributed by atoms with Gasteiger partial charge in [-0.05, 0) is 29.8 Å². The normalized spacial score (nSPS) is 16.4. The topological polar surface area (TPSA) is 57.8 Å². The molecule has 0 spiro atoms. The van der Waals surface area contributed by atoms with Crippen molar-refractivity contribution in [2.75, 3.05) is 11.9 Å². The van der Waals surface area contributed by atoms with E-state index in [1.165, 1.54) is 12.1 Å². The molecule has 0 saturated carbocycles. The molecule has 1 unspecified atom stereocenters. The highest BCUT2D eigenvalue weighted by Crippen LogP contribution is 2.37. The van der Waals surface area contributed by atoms with Crippen molar-refractivity contribution in [3.05, 3.63) is 68.6 Å². The smallest absolute Gasteiger partial charge is 0.272 e. The third-order valence-electron chi connectivity index (χ3n) is 4.05. The summed E-state index contributed by atoms with van der Waals surface area (Å²) in [4.78, 5) is 11.9. The van der Waals surface area contributed by atoms with E-state index in [0.717, 1.165) is 6.07 Å². The van der Waals surface area contributed by atoms with Crippen molar-refractivity contribution in [3.63, 3.8) is 0 Å². The Morgan fingerprint density at radius 2 is 2.04 bits per heavy atom. The number of hydrogen-bond donors (Lipinski definition) is 2. The molecule has 0 aliphatic carbocycles. The van der Waals surface area contributed by atoms with Crippen molar-refractivity contribution >= 4 is 28.1 Å². The molecule has 0 amide bonds. The Balaban J connectivity index is 2.00. The zero-order chi connectivity index (χ0) is 16.1. The van der Waals surface area contributed by atoms with Gasteiger partial charge in [-0.3, -0.25) is 4.79 Å². The average molecular weight is 334 g/mol. The van der Waals surface area contributed by atoms with Crippen LogP contribution in [0, 0.1) is 11.6 Å². The van der Waals surface area contributed by atoms with Crippen LogP contribution in [0.5, 0.6) is 0 Å². The second-order valence-electron chi connectivity index (χ2n) is 5.41. The first kappa shape index (κ1) is 14.1. The molecule has 7 heteroatoms. The van der Waals surface area contributed by atoms with Gasteiger partial charge in [0.15, 0.2) is 0 Å². The van der Waals surface area contributed by atoms with Gasteiger partial charge in [0, 0.05) is 28.6 Å². The standard InChI is InChI=1S/C16H10ClF2N3O/c17-7-1-2-9(12(19)3-7)11-6-20-13-5-8(18)4-10-14(13)15(11)21-22-16(10)23/h1-5,11,20H,6H2,(H,22,23). The van der Waals surface area contributed by atoms with Crippen molar-refractivity contribution in [2.45, 2.75) is 5.92 Å². The molecule has 23 heavy (non-hydrogen) atoms. The van der Waals surface area contributed by atoms with Crippen LogP contribution in [0.2, 0.25) is 5.02 Å². The lowest BCUT2D eigenvalue weighted by Gasteiger charge is -2.26. The summed E-state index contributed by atoms with van der Waals surface area (Å²) in [6.45, 7) is 0.336. The van der Waals surface area contributed by atoms with E-state index < -0.39 is 23.1 Å². The summed E-state index contributed by atoms with van der Waals surface area (Å²) in [6, 6.07) is 6.90. The first-order chi connectivity index (χ1) is 11.0. The third-order valence-corrected chi connectivity index (χ3v) is 4.28. The fraction of sp³-hybridized carbons (Fsp3) is 0.125. The molecule has 3 aromatic rings. The zero-order valence-corrected chi connectivity index (χ0v) is 12.4. The van der Waals surface area contributed by atoms with Crippen LogP contribution in [0.3, 0.4) is 0 Å². The molecule has 2 aromatic carbocycles. The van der Waals surface area contributed by atoms with Gasteiger partial charge in [-0.15, -0.1) is 0 Å². The van der Waals surface area contributed by atoms with Gasteiger partial charge in [0.2, 0.25) is 0 Å². The van der Waals surface area contributed by atoms with E-state index >= 15 is 0 Å². The van der Waals surface area contributed by atoms with Crippen LogP contribution in [0.25, 0.3) is 10.8 Å². The first-order valence-corrected chi connectivity index (χ1v) is 7.33. The van der Waals surface area contributed by atoms with Gasteiger partial charge >= 0.3 is 0 Å². The maximum atomic E-state index is 14.3. The summed E-state index contributed by atoms with van der Waals surface area (Å²) in [5, 5.41) is 10.5. The predicted octanol–water partition coefficient (Wildman–Crippen LogP) is 3.41. The third kappa shape index (κ3) is 2.17. The van der Waals surface area contributed by atoms with Crippen molar-refractivity contribution in [1.29, 1.82) is 0 Å². The molecule has 2 N–H and O–H groups in total. The van der Waals surface area contributed by atoms with Gasteiger partial charge in [0.1, 0.15) is 11.6 Å². The molecule has 1 atom stereocenters. The van der Waals surface area contributed by atoms with Crippen LogP contribution in [-0.4, -0.2) is 16.7 Å². The summed E-state index contributed by atoms with van der Waals surface area (Å²) >= 11 is 5.80. The summed E-state index contributed by atoms with van der Waals surface area (Å²) in [7, 11) is 0. The van der Waals surface area contributed by atoms with E-state index in [2.05, 4.69) is 15.5 Å². The van der Waals surface area contributed by atoms with Gasteiger partial charge in [-0.2, -0.15) is 5.10 Å². The number of nitrogens with zero attached hydrogens (tertiary/aromatic N) is 1. The summed E-state index contributed by atoms with van der Waals surface area (Å²) in [5.74, 6) is -1.38. The van der Waals surface area contributed by atoms with Crippen molar-refractivity contribution in [2.24, 2.45) is 0 Å². The highest BCUT2D eigenvalue weighted by Gasteiger charge is 2.28. The maximum absolute atomic E-state index is 14.3. The molecule has 0 radical (unpaired) electrons. The van der Waals surface area contributed by atoms with Crippen LogP contribution in [0.1, 0.15) is 17.2 Å². The van der Waals surface area contributed by atoms with E-state index in [4.69, 9.17) is 11.6 Å². The Morgan fingerprint density at radius 1 is 1.22 bits per heavy atom. The number of anilines is 1. The Kier molecular flexibility index (Phi) is 3.09. The minimum absolute atomic E-state index is 0.191. The first-order valence-electron chi connectivity index (χ1n) is 6.95. The Bertz CT molecular complexity index is 1000. The van der Waals surface area contributed by atoms with Crippen LogP contribution in [0.15, 0.2) is 35.1 Å². The number of aromatic nitrogens is 2. The van der Waals surface area contributed by atoms with Gasteiger partial charge in [0.05, 0.1) is 11.1 Å². The average Bonchev–Trinajstić information content (AvgIpc) is 2.51. The fourth-order valence-corrected chi connectivity index (χ4v) is 3.19. The lowest BCUT2D eigenvalue weighted by atomic mass is 9.88. The summed E-state index contributed by atoms with van der Waals surface area (Å²) in [5.41, 5.74) is 0.926. The number of halogens is 3. The molecule has 4 nitrogen and oxygen atoms in total. The summed E-state index contributed by atoms with van der Waals surface area (Å²) < 4.78 is 27.9. The highest BCUT2D eigenvalue weighted by molar-refractivity contribution is 6.30. The largest absolute Gasteiger partial charge is 0.383 e. The zero-order valence-electron chi connectivity index (χ0n) is 11.7. The maximum Gasteiger partial charge on any atom is 0.272 e. The van der Waals surface area contributed by atoms with Gasteiger partial charge in [-0.1, -0.05) is 17.7 Å².